The first-order valence-corrected chi connectivity index (χ1v) is 6.26. The number of halogens is 1. The quantitative estimate of drug-likeness (QED) is 0.669. The lowest BCUT2D eigenvalue weighted by Gasteiger charge is -2.07. The van der Waals surface area contributed by atoms with Gasteiger partial charge < -0.3 is 10.1 Å². The zero-order chi connectivity index (χ0) is 12.7. The second kappa shape index (κ2) is 7.12. The Morgan fingerprint density at radius 3 is 2.94 bits per heavy atom. The van der Waals surface area contributed by atoms with Gasteiger partial charge in [0.05, 0.1) is 6.61 Å². The number of hydrogen-bond donors (Lipinski definition) is 1. The molecule has 0 radical (unpaired) electrons. The number of benzene rings is 1. The van der Waals surface area contributed by atoms with Crippen LogP contribution in [0.15, 0.2) is 34.8 Å². The van der Waals surface area contributed by atoms with E-state index in [-0.39, 0.29) is 5.97 Å². The van der Waals surface area contributed by atoms with Crippen LogP contribution in [-0.4, -0.2) is 19.1 Å². The molecule has 0 unspecified atom stereocenters. The van der Waals surface area contributed by atoms with Crippen LogP contribution in [0.1, 0.15) is 12.5 Å². The van der Waals surface area contributed by atoms with Crippen molar-refractivity contribution >= 4 is 27.6 Å². The van der Waals surface area contributed by atoms with Crippen LogP contribution in [0.4, 0.5) is 5.69 Å². The number of nitrogens with one attached hydrogen (secondary N) is 1. The molecule has 0 fully saturated rings. The average Bonchev–Trinajstić information content (AvgIpc) is 2.27. The van der Waals surface area contributed by atoms with Crippen molar-refractivity contribution in [3.05, 3.63) is 40.4 Å². The highest BCUT2D eigenvalue weighted by atomic mass is 79.9. The Hall–Kier alpha value is -1.29. The second-order valence-electron chi connectivity index (χ2n) is 3.49. The predicted octanol–water partition coefficient (Wildman–Crippen LogP) is 3.29. The van der Waals surface area contributed by atoms with E-state index < -0.39 is 0 Å². The first-order valence-electron chi connectivity index (χ1n) is 5.46. The largest absolute Gasteiger partial charge is 0.463 e. The molecule has 0 aromatic heterocycles. The zero-order valence-electron chi connectivity index (χ0n) is 10.00. The van der Waals surface area contributed by atoms with Crippen molar-refractivity contribution < 1.29 is 9.53 Å². The summed E-state index contributed by atoms with van der Waals surface area (Å²) < 4.78 is 5.83. The lowest BCUT2D eigenvalue weighted by molar-refractivity contribution is -0.137. The Balaban J connectivity index is 2.43. The first-order chi connectivity index (χ1) is 8.13. The van der Waals surface area contributed by atoms with E-state index >= 15 is 0 Å². The third kappa shape index (κ3) is 5.04. The van der Waals surface area contributed by atoms with Gasteiger partial charge in [-0.1, -0.05) is 22.0 Å². The van der Waals surface area contributed by atoms with Crippen molar-refractivity contribution in [2.75, 3.05) is 18.5 Å². The summed E-state index contributed by atoms with van der Waals surface area (Å²) in [4.78, 5) is 11.0. The standard InChI is InChI=1S/C13H16BrNO2/c1-3-17-13(16)5-4-8-15-12-7-6-11(14)9-10(12)2/h4-7,9,15H,3,8H2,1-2H3/b5-4+. The Morgan fingerprint density at radius 2 is 2.29 bits per heavy atom. The van der Waals surface area contributed by atoms with Crippen molar-refractivity contribution in [1.82, 2.24) is 0 Å². The summed E-state index contributed by atoms with van der Waals surface area (Å²) in [6, 6.07) is 6.01. The van der Waals surface area contributed by atoms with E-state index in [9.17, 15) is 4.79 Å². The molecule has 1 rings (SSSR count). The van der Waals surface area contributed by atoms with E-state index in [0.717, 1.165) is 15.7 Å². The minimum absolute atomic E-state index is 0.304. The average molecular weight is 298 g/mol. The molecule has 0 spiro atoms. The molecule has 1 aromatic carbocycles. The summed E-state index contributed by atoms with van der Waals surface area (Å²) in [7, 11) is 0. The minimum atomic E-state index is -0.304. The number of carbonyl (C=O) groups excluding carboxylic acids is 1. The first kappa shape index (κ1) is 13.8. The lowest BCUT2D eigenvalue weighted by Crippen LogP contribution is -2.03. The fourth-order valence-corrected chi connectivity index (χ4v) is 1.82. The van der Waals surface area contributed by atoms with Gasteiger partial charge in [0.15, 0.2) is 0 Å². The minimum Gasteiger partial charge on any atom is -0.463 e. The van der Waals surface area contributed by atoms with Gasteiger partial charge in [-0.2, -0.15) is 0 Å². The molecule has 0 atom stereocenters. The van der Waals surface area contributed by atoms with Crippen LogP contribution in [0, 0.1) is 6.92 Å². The predicted molar refractivity (Wildman–Crippen MR) is 73.1 cm³/mol. The molecule has 0 aliphatic carbocycles. The third-order valence-electron chi connectivity index (χ3n) is 2.14. The van der Waals surface area contributed by atoms with Crippen molar-refractivity contribution in [3.63, 3.8) is 0 Å². The Kier molecular flexibility index (Phi) is 5.77. The van der Waals surface area contributed by atoms with E-state index in [1.807, 2.05) is 25.1 Å². The molecule has 0 aliphatic rings. The van der Waals surface area contributed by atoms with Gasteiger partial charge in [0.2, 0.25) is 0 Å². The number of ether oxygens (including phenoxy) is 1. The highest BCUT2D eigenvalue weighted by Crippen LogP contribution is 2.19. The van der Waals surface area contributed by atoms with Gasteiger partial charge in [0.25, 0.3) is 0 Å². The summed E-state index contributed by atoms with van der Waals surface area (Å²) in [6.45, 7) is 4.82. The molecule has 17 heavy (non-hydrogen) atoms. The Labute approximate surface area is 110 Å². The number of hydrogen-bond acceptors (Lipinski definition) is 3. The third-order valence-corrected chi connectivity index (χ3v) is 2.63. The van der Waals surface area contributed by atoms with Crippen LogP contribution >= 0.6 is 15.9 Å². The van der Waals surface area contributed by atoms with E-state index in [1.165, 1.54) is 6.08 Å². The molecule has 0 bridgehead atoms. The topological polar surface area (TPSA) is 38.3 Å². The van der Waals surface area contributed by atoms with Crippen molar-refractivity contribution in [1.29, 1.82) is 0 Å². The summed E-state index contributed by atoms with van der Waals surface area (Å²) in [5.41, 5.74) is 2.21. The molecule has 4 heteroatoms. The van der Waals surface area contributed by atoms with Gasteiger partial charge in [-0.05, 0) is 37.6 Å². The Morgan fingerprint density at radius 1 is 1.53 bits per heavy atom. The van der Waals surface area contributed by atoms with Crippen molar-refractivity contribution in [2.45, 2.75) is 13.8 Å². The molecule has 92 valence electrons. The highest BCUT2D eigenvalue weighted by Gasteiger charge is 1.97. The SMILES string of the molecule is CCOC(=O)/C=C/CNc1ccc(Br)cc1C. The number of rotatable bonds is 5. The summed E-state index contributed by atoms with van der Waals surface area (Å²) in [5, 5.41) is 3.22. The maximum absolute atomic E-state index is 11.0. The lowest BCUT2D eigenvalue weighted by atomic mass is 10.2. The molecule has 1 N–H and O–H groups in total. The maximum Gasteiger partial charge on any atom is 0.330 e. The number of aryl methyl sites for hydroxylation is 1. The number of anilines is 1. The monoisotopic (exact) mass is 297 g/mol. The van der Waals surface area contributed by atoms with Crippen molar-refractivity contribution in [2.24, 2.45) is 0 Å². The molecular formula is C13H16BrNO2. The van der Waals surface area contributed by atoms with E-state index in [1.54, 1.807) is 13.0 Å². The number of esters is 1. The van der Waals surface area contributed by atoms with Crippen molar-refractivity contribution in [3.8, 4) is 0 Å². The van der Waals surface area contributed by atoms with Gasteiger partial charge in [-0.15, -0.1) is 0 Å². The molecule has 3 nitrogen and oxygen atoms in total. The van der Waals surface area contributed by atoms with Crippen LogP contribution < -0.4 is 5.32 Å². The van der Waals surface area contributed by atoms with Crippen LogP contribution in [0.5, 0.6) is 0 Å². The van der Waals surface area contributed by atoms with Gasteiger partial charge in [0, 0.05) is 22.8 Å². The maximum atomic E-state index is 11.0. The molecular weight excluding hydrogens is 282 g/mol. The summed E-state index contributed by atoms with van der Waals surface area (Å²) in [6.07, 6.45) is 3.18. The van der Waals surface area contributed by atoms with Gasteiger partial charge in [-0.25, -0.2) is 4.79 Å². The number of carbonyl (C=O) groups is 1. The molecule has 0 amide bonds. The fourth-order valence-electron chi connectivity index (χ4n) is 1.34. The normalized spacial score (nSPS) is 10.5. The van der Waals surface area contributed by atoms with Crippen LogP contribution in [0.25, 0.3) is 0 Å². The highest BCUT2D eigenvalue weighted by molar-refractivity contribution is 9.10. The van der Waals surface area contributed by atoms with Gasteiger partial charge >= 0.3 is 5.97 Å². The molecule has 1 aromatic rings. The van der Waals surface area contributed by atoms with Gasteiger partial charge in [0.1, 0.15) is 0 Å². The molecule has 0 aliphatic heterocycles. The van der Waals surface area contributed by atoms with Crippen LogP contribution in [-0.2, 0) is 9.53 Å². The Bertz CT molecular complexity index is 416. The van der Waals surface area contributed by atoms with Crippen LogP contribution in [0.2, 0.25) is 0 Å². The summed E-state index contributed by atoms with van der Waals surface area (Å²) in [5.74, 6) is -0.304. The van der Waals surface area contributed by atoms with Gasteiger partial charge in [-0.3, -0.25) is 0 Å². The molecule has 0 heterocycles. The zero-order valence-corrected chi connectivity index (χ0v) is 11.6. The molecule has 0 saturated carbocycles. The summed E-state index contributed by atoms with van der Waals surface area (Å²) >= 11 is 3.41. The fraction of sp³-hybridized carbons (Fsp3) is 0.308. The molecule has 0 saturated heterocycles. The van der Waals surface area contributed by atoms with Crippen LogP contribution in [0.3, 0.4) is 0 Å². The second-order valence-corrected chi connectivity index (χ2v) is 4.41. The smallest absolute Gasteiger partial charge is 0.330 e. The van der Waals surface area contributed by atoms with E-state index in [2.05, 4.69) is 21.2 Å². The van der Waals surface area contributed by atoms with E-state index in [0.29, 0.717) is 13.2 Å². The van der Waals surface area contributed by atoms with E-state index in [4.69, 9.17) is 4.74 Å².